The van der Waals surface area contributed by atoms with Crippen molar-refractivity contribution in [3.8, 4) is 11.1 Å². The SMILES string of the molecule is OCc1ccc(CNc2cccc(-c3[c]cnc4c(C(F)(F)F)cccc34)c2)cc1. The lowest BCUT2D eigenvalue weighted by atomic mass is 9.99. The maximum absolute atomic E-state index is 13.4. The van der Waals surface area contributed by atoms with E-state index in [0.29, 0.717) is 17.5 Å². The second-order valence-electron chi connectivity index (χ2n) is 6.89. The number of halogens is 3. The highest BCUT2D eigenvalue weighted by Gasteiger charge is 2.33. The van der Waals surface area contributed by atoms with Crippen molar-refractivity contribution in [2.75, 3.05) is 5.32 Å². The summed E-state index contributed by atoms with van der Waals surface area (Å²) < 4.78 is 40.1. The predicted molar refractivity (Wildman–Crippen MR) is 111 cm³/mol. The van der Waals surface area contributed by atoms with Crippen molar-refractivity contribution < 1.29 is 18.3 Å². The molecule has 3 nitrogen and oxygen atoms in total. The highest BCUT2D eigenvalue weighted by atomic mass is 19.4. The maximum atomic E-state index is 13.4. The standard InChI is InChI=1S/C24H18F3N2O/c25-24(26,27)22-6-2-5-21-20(11-12-28-23(21)22)18-3-1-4-19(13-18)29-14-16-7-9-17(15-30)10-8-16/h1-10,12-13,29-30H,14-15H2. The van der Waals surface area contributed by atoms with E-state index in [4.69, 9.17) is 5.11 Å². The lowest BCUT2D eigenvalue weighted by molar-refractivity contribution is -0.136. The van der Waals surface area contributed by atoms with Crippen molar-refractivity contribution >= 4 is 16.6 Å². The average molecular weight is 407 g/mol. The smallest absolute Gasteiger partial charge is 0.392 e. The van der Waals surface area contributed by atoms with Gasteiger partial charge in [0.05, 0.1) is 17.7 Å². The lowest BCUT2D eigenvalue weighted by Gasteiger charge is -2.13. The molecular formula is C24H18F3N2O. The zero-order valence-electron chi connectivity index (χ0n) is 15.9. The number of aromatic nitrogens is 1. The molecule has 4 aromatic rings. The van der Waals surface area contributed by atoms with Gasteiger partial charge in [-0.15, -0.1) is 0 Å². The van der Waals surface area contributed by atoms with Gasteiger partial charge >= 0.3 is 6.18 Å². The Morgan fingerprint density at radius 3 is 2.40 bits per heavy atom. The molecule has 151 valence electrons. The molecule has 6 heteroatoms. The molecule has 0 spiro atoms. The number of nitrogens with zero attached hydrogens (tertiary/aromatic N) is 1. The van der Waals surface area contributed by atoms with Gasteiger partial charge in [-0.1, -0.05) is 48.5 Å². The normalized spacial score (nSPS) is 11.6. The highest BCUT2D eigenvalue weighted by Crippen LogP contribution is 2.37. The number of alkyl halides is 3. The molecule has 30 heavy (non-hydrogen) atoms. The highest BCUT2D eigenvalue weighted by molar-refractivity contribution is 5.96. The fourth-order valence-corrected chi connectivity index (χ4v) is 3.34. The summed E-state index contributed by atoms with van der Waals surface area (Å²) >= 11 is 0. The van der Waals surface area contributed by atoms with E-state index in [9.17, 15) is 13.2 Å². The van der Waals surface area contributed by atoms with Gasteiger partial charge in [0.2, 0.25) is 0 Å². The molecule has 0 amide bonds. The number of anilines is 1. The average Bonchev–Trinajstić information content (AvgIpc) is 2.76. The summed E-state index contributed by atoms with van der Waals surface area (Å²) in [4.78, 5) is 3.94. The van der Waals surface area contributed by atoms with Crippen molar-refractivity contribution in [2.45, 2.75) is 19.3 Å². The molecule has 0 fully saturated rings. The van der Waals surface area contributed by atoms with Crippen molar-refractivity contribution in [3.63, 3.8) is 0 Å². The fraction of sp³-hybridized carbons (Fsp3) is 0.125. The van der Waals surface area contributed by atoms with Crippen LogP contribution in [0.2, 0.25) is 0 Å². The zero-order valence-corrected chi connectivity index (χ0v) is 15.9. The fourth-order valence-electron chi connectivity index (χ4n) is 3.34. The third-order valence-corrected chi connectivity index (χ3v) is 4.87. The molecule has 0 unspecified atom stereocenters. The Morgan fingerprint density at radius 1 is 0.933 bits per heavy atom. The Labute approximate surface area is 171 Å². The number of hydrogen-bond acceptors (Lipinski definition) is 3. The molecule has 0 saturated heterocycles. The second kappa shape index (κ2) is 8.16. The summed E-state index contributed by atoms with van der Waals surface area (Å²) in [5.74, 6) is 0. The van der Waals surface area contributed by atoms with E-state index in [1.807, 2.05) is 48.5 Å². The Balaban J connectivity index is 1.64. The summed E-state index contributed by atoms with van der Waals surface area (Å²) in [6.07, 6.45) is -3.18. The Bertz CT molecular complexity index is 1170. The number of benzene rings is 3. The Kier molecular flexibility index (Phi) is 5.42. The van der Waals surface area contributed by atoms with E-state index in [2.05, 4.69) is 16.4 Å². The van der Waals surface area contributed by atoms with Crippen LogP contribution in [0.15, 0.2) is 72.9 Å². The number of para-hydroxylation sites is 1. The molecule has 0 atom stereocenters. The van der Waals surface area contributed by atoms with Crippen LogP contribution in [-0.2, 0) is 19.3 Å². The molecule has 0 aliphatic carbocycles. The number of nitrogens with one attached hydrogen (secondary N) is 1. The van der Waals surface area contributed by atoms with Crippen LogP contribution in [0.1, 0.15) is 16.7 Å². The summed E-state index contributed by atoms with van der Waals surface area (Å²) in [6, 6.07) is 22.1. The van der Waals surface area contributed by atoms with Gasteiger partial charge in [-0.3, -0.25) is 4.98 Å². The van der Waals surface area contributed by atoms with Crippen molar-refractivity contribution in [3.05, 3.63) is 95.7 Å². The van der Waals surface area contributed by atoms with Crippen LogP contribution in [0.3, 0.4) is 0 Å². The molecular weight excluding hydrogens is 389 g/mol. The van der Waals surface area contributed by atoms with Crippen molar-refractivity contribution in [2.24, 2.45) is 0 Å². The molecule has 4 rings (SSSR count). The Morgan fingerprint density at radius 2 is 1.67 bits per heavy atom. The van der Waals surface area contributed by atoms with Crippen LogP contribution in [0.4, 0.5) is 18.9 Å². The molecule has 0 bridgehead atoms. The summed E-state index contributed by atoms with van der Waals surface area (Å²) in [5, 5.41) is 12.9. The second-order valence-corrected chi connectivity index (χ2v) is 6.89. The van der Waals surface area contributed by atoms with Crippen LogP contribution < -0.4 is 5.32 Å². The van der Waals surface area contributed by atoms with Crippen LogP contribution in [0.5, 0.6) is 0 Å². The minimum absolute atomic E-state index is 0.00218. The van der Waals surface area contributed by atoms with Gasteiger partial charge in [0.1, 0.15) is 0 Å². The van der Waals surface area contributed by atoms with E-state index in [0.717, 1.165) is 28.4 Å². The van der Waals surface area contributed by atoms with Crippen LogP contribution in [0, 0.1) is 6.07 Å². The first kappa shape index (κ1) is 19.9. The van der Waals surface area contributed by atoms with Gasteiger partial charge in [0, 0.05) is 35.4 Å². The molecule has 2 N–H and O–H groups in total. The number of fused-ring (bicyclic) bond motifs is 1. The van der Waals surface area contributed by atoms with E-state index in [1.54, 1.807) is 6.07 Å². The minimum Gasteiger partial charge on any atom is -0.392 e. The minimum atomic E-state index is -4.47. The van der Waals surface area contributed by atoms with Gasteiger partial charge in [0.15, 0.2) is 0 Å². The van der Waals surface area contributed by atoms with Crippen LogP contribution in [0.25, 0.3) is 22.0 Å². The molecule has 0 aliphatic rings. The monoisotopic (exact) mass is 407 g/mol. The van der Waals surface area contributed by atoms with Crippen LogP contribution >= 0.6 is 0 Å². The van der Waals surface area contributed by atoms with Crippen molar-refractivity contribution in [1.29, 1.82) is 0 Å². The Hall–Kier alpha value is -3.38. The molecule has 3 aromatic carbocycles. The van der Waals surface area contributed by atoms with Gasteiger partial charge < -0.3 is 10.4 Å². The molecule has 1 aromatic heterocycles. The quantitative estimate of drug-likeness (QED) is 0.438. The summed E-state index contributed by atoms with van der Waals surface area (Å²) in [7, 11) is 0. The van der Waals surface area contributed by atoms with Gasteiger partial charge in [0.25, 0.3) is 0 Å². The number of pyridine rings is 1. The van der Waals surface area contributed by atoms with Crippen molar-refractivity contribution in [1.82, 2.24) is 4.98 Å². The molecule has 1 radical (unpaired) electrons. The van der Waals surface area contributed by atoms with Gasteiger partial charge in [-0.2, -0.15) is 13.2 Å². The van der Waals surface area contributed by atoms with Gasteiger partial charge in [-0.25, -0.2) is 0 Å². The first-order chi connectivity index (χ1) is 14.5. The third-order valence-electron chi connectivity index (χ3n) is 4.87. The van der Waals surface area contributed by atoms with Crippen LogP contribution in [-0.4, -0.2) is 10.1 Å². The molecule has 0 saturated carbocycles. The lowest BCUT2D eigenvalue weighted by Crippen LogP contribution is -2.06. The van der Waals surface area contributed by atoms with E-state index in [1.165, 1.54) is 12.3 Å². The number of aliphatic hydroxyl groups excluding tert-OH is 1. The topological polar surface area (TPSA) is 45.1 Å². The number of hydrogen-bond donors (Lipinski definition) is 2. The summed E-state index contributed by atoms with van der Waals surface area (Å²) in [6.45, 7) is 0.580. The zero-order chi connectivity index (χ0) is 21.1. The maximum Gasteiger partial charge on any atom is 0.418 e. The van der Waals surface area contributed by atoms with E-state index in [-0.39, 0.29) is 12.1 Å². The van der Waals surface area contributed by atoms with E-state index < -0.39 is 11.7 Å². The predicted octanol–water partition coefficient (Wildman–Crippen LogP) is 5.83. The third kappa shape index (κ3) is 4.14. The number of aliphatic hydroxyl groups is 1. The molecule has 1 heterocycles. The summed E-state index contributed by atoms with van der Waals surface area (Å²) in [5.41, 5.74) is 3.22. The first-order valence-electron chi connectivity index (χ1n) is 9.35. The number of rotatable bonds is 5. The largest absolute Gasteiger partial charge is 0.418 e. The van der Waals surface area contributed by atoms with E-state index >= 15 is 0 Å². The first-order valence-corrected chi connectivity index (χ1v) is 9.35. The molecule has 0 aliphatic heterocycles. The van der Waals surface area contributed by atoms with Gasteiger partial charge in [-0.05, 0) is 34.9 Å².